The maximum atomic E-state index is 11.8. The molecule has 1 aromatic carbocycles. The fourth-order valence-electron chi connectivity index (χ4n) is 2.60. The van der Waals surface area contributed by atoms with E-state index in [1.807, 2.05) is 64.1 Å². The molecule has 0 radical (unpaired) electrons. The average Bonchev–Trinajstić information content (AvgIpc) is 2.70. The highest BCUT2D eigenvalue weighted by atomic mass is 16.1. The van der Waals surface area contributed by atoms with Crippen molar-refractivity contribution in [3.05, 3.63) is 65.6 Å². The van der Waals surface area contributed by atoms with Gasteiger partial charge in [-0.1, -0.05) is 26.0 Å². The molecule has 0 saturated heterocycles. The second kappa shape index (κ2) is 8.61. The van der Waals surface area contributed by atoms with E-state index < -0.39 is 0 Å². The molecule has 0 bridgehead atoms. The Kier molecular flexibility index (Phi) is 5.99. The van der Waals surface area contributed by atoms with E-state index in [0.29, 0.717) is 12.4 Å². The van der Waals surface area contributed by atoms with E-state index in [4.69, 9.17) is 0 Å². The predicted octanol–water partition coefficient (Wildman–Crippen LogP) is 4.36. The molecule has 0 saturated carbocycles. The van der Waals surface area contributed by atoms with Gasteiger partial charge < -0.3 is 10.6 Å². The summed E-state index contributed by atoms with van der Waals surface area (Å²) in [4.78, 5) is 25.2. The molecule has 0 aliphatic rings. The van der Waals surface area contributed by atoms with Crippen molar-refractivity contribution in [3.63, 3.8) is 0 Å². The zero-order valence-corrected chi connectivity index (χ0v) is 16.7. The Balaban J connectivity index is 1.72. The van der Waals surface area contributed by atoms with Crippen LogP contribution in [0.15, 0.2) is 48.8 Å². The Morgan fingerprint density at radius 1 is 1.07 bits per heavy atom. The molecule has 2 N–H and O–H groups in total. The summed E-state index contributed by atoms with van der Waals surface area (Å²) in [5, 5.41) is 6.30. The summed E-state index contributed by atoms with van der Waals surface area (Å²) in [6, 6.07) is 11.6. The fourth-order valence-corrected chi connectivity index (χ4v) is 2.60. The molecule has 0 unspecified atom stereocenters. The lowest BCUT2D eigenvalue weighted by molar-refractivity contribution is -0.118. The number of carbonyl (C=O) groups excluding carboxylic acids is 1. The van der Waals surface area contributed by atoms with Gasteiger partial charge in [0.1, 0.15) is 5.82 Å². The first-order valence-corrected chi connectivity index (χ1v) is 9.33. The van der Waals surface area contributed by atoms with Crippen LogP contribution in [0.2, 0.25) is 0 Å². The molecule has 6 heteroatoms. The van der Waals surface area contributed by atoms with Crippen molar-refractivity contribution < 1.29 is 4.79 Å². The van der Waals surface area contributed by atoms with Gasteiger partial charge in [0.15, 0.2) is 5.82 Å². The number of amides is 1. The maximum absolute atomic E-state index is 11.8. The number of anilines is 2. The Morgan fingerprint density at radius 3 is 2.46 bits per heavy atom. The van der Waals surface area contributed by atoms with E-state index in [0.717, 1.165) is 33.9 Å². The van der Waals surface area contributed by atoms with Gasteiger partial charge in [0.05, 0.1) is 0 Å². The van der Waals surface area contributed by atoms with E-state index in [2.05, 4.69) is 25.6 Å². The van der Waals surface area contributed by atoms with E-state index in [1.54, 1.807) is 12.4 Å². The first-order chi connectivity index (χ1) is 13.4. The zero-order chi connectivity index (χ0) is 20.1. The highest BCUT2D eigenvalue weighted by Crippen LogP contribution is 2.22. The monoisotopic (exact) mass is 375 g/mol. The Bertz CT molecular complexity index is 953. The minimum Gasteiger partial charge on any atom is -0.366 e. The van der Waals surface area contributed by atoms with Crippen LogP contribution in [0, 0.1) is 19.8 Å². The standard InChI is InChI=1S/C22H25N5O/c1-14(2)22(28)26-19-9-7-17(8-10-19)12-24-20-15(3)16(4)25-21(27-20)18-6-5-11-23-13-18/h5-11,13-14H,12H2,1-4H3,(H,26,28)(H,24,25,27). The minimum atomic E-state index is -0.0423. The predicted molar refractivity (Wildman–Crippen MR) is 112 cm³/mol. The number of hydrogen-bond acceptors (Lipinski definition) is 5. The van der Waals surface area contributed by atoms with Gasteiger partial charge in [-0.15, -0.1) is 0 Å². The van der Waals surface area contributed by atoms with Gasteiger partial charge in [-0.05, 0) is 43.7 Å². The Labute approximate surface area is 165 Å². The first kappa shape index (κ1) is 19.5. The van der Waals surface area contributed by atoms with Gasteiger partial charge in [-0.3, -0.25) is 9.78 Å². The lowest BCUT2D eigenvalue weighted by Gasteiger charge is -2.13. The van der Waals surface area contributed by atoms with Crippen LogP contribution in [0.1, 0.15) is 30.7 Å². The Hall–Kier alpha value is -3.28. The molecule has 3 rings (SSSR count). The van der Waals surface area contributed by atoms with Crippen LogP contribution in [0.4, 0.5) is 11.5 Å². The molecule has 0 fully saturated rings. The SMILES string of the molecule is Cc1nc(-c2cccnc2)nc(NCc2ccc(NC(=O)C(C)C)cc2)c1C. The van der Waals surface area contributed by atoms with Gasteiger partial charge in [0, 0.05) is 47.4 Å². The second-order valence-electron chi connectivity index (χ2n) is 7.04. The number of aryl methyl sites for hydroxylation is 1. The van der Waals surface area contributed by atoms with Crippen molar-refractivity contribution in [1.82, 2.24) is 15.0 Å². The van der Waals surface area contributed by atoms with Crippen LogP contribution in [-0.4, -0.2) is 20.9 Å². The van der Waals surface area contributed by atoms with Crippen LogP contribution in [0.5, 0.6) is 0 Å². The van der Waals surface area contributed by atoms with Crippen molar-refractivity contribution in [2.75, 3.05) is 10.6 Å². The maximum Gasteiger partial charge on any atom is 0.226 e. The van der Waals surface area contributed by atoms with Crippen LogP contribution in [-0.2, 0) is 11.3 Å². The molecular weight excluding hydrogens is 350 g/mol. The molecular formula is C22H25N5O. The molecule has 0 aliphatic carbocycles. The van der Waals surface area contributed by atoms with Crippen molar-refractivity contribution in [2.45, 2.75) is 34.2 Å². The lowest BCUT2D eigenvalue weighted by Crippen LogP contribution is -2.17. The van der Waals surface area contributed by atoms with E-state index in [-0.39, 0.29) is 11.8 Å². The topological polar surface area (TPSA) is 79.8 Å². The quantitative estimate of drug-likeness (QED) is 0.669. The number of hydrogen-bond donors (Lipinski definition) is 2. The van der Waals surface area contributed by atoms with Crippen LogP contribution in [0.25, 0.3) is 11.4 Å². The number of nitrogens with one attached hydrogen (secondary N) is 2. The van der Waals surface area contributed by atoms with E-state index in [1.165, 1.54) is 0 Å². The van der Waals surface area contributed by atoms with Crippen molar-refractivity contribution in [1.29, 1.82) is 0 Å². The molecule has 1 amide bonds. The Morgan fingerprint density at radius 2 is 1.82 bits per heavy atom. The van der Waals surface area contributed by atoms with Crippen LogP contribution < -0.4 is 10.6 Å². The van der Waals surface area contributed by atoms with Crippen molar-refractivity contribution in [3.8, 4) is 11.4 Å². The lowest BCUT2D eigenvalue weighted by atomic mass is 10.1. The second-order valence-corrected chi connectivity index (χ2v) is 7.04. The van der Waals surface area contributed by atoms with Gasteiger partial charge >= 0.3 is 0 Å². The number of pyridine rings is 1. The fraction of sp³-hybridized carbons (Fsp3) is 0.273. The van der Waals surface area contributed by atoms with Gasteiger partial charge in [-0.25, -0.2) is 9.97 Å². The number of benzene rings is 1. The van der Waals surface area contributed by atoms with E-state index >= 15 is 0 Å². The summed E-state index contributed by atoms with van der Waals surface area (Å²) in [5.74, 6) is 1.44. The number of rotatable bonds is 6. The summed E-state index contributed by atoms with van der Waals surface area (Å²) in [6.45, 7) is 8.37. The normalized spacial score (nSPS) is 10.8. The molecule has 2 heterocycles. The molecule has 0 spiro atoms. The summed E-state index contributed by atoms with van der Waals surface area (Å²) >= 11 is 0. The largest absolute Gasteiger partial charge is 0.366 e. The smallest absolute Gasteiger partial charge is 0.226 e. The molecule has 28 heavy (non-hydrogen) atoms. The van der Waals surface area contributed by atoms with Crippen molar-refractivity contribution in [2.24, 2.45) is 5.92 Å². The van der Waals surface area contributed by atoms with E-state index in [9.17, 15) is 4.79 Å². The van der Waals surface area contributed by atoms with Gasteiger partial charge in [0.2, 0.25) is 5.91 Å². The van der Waals surface area contributed by atoms with Crippen LogP contribution in [0.3, 0.4) is 0 Å². The molecule has 6 nitrogen and oxygen atoms in total. The first-order valence-electron chi connectivity index (χ1n) is 9.33. The highest BCUT2D eigenvalue weighted by Gasteiger charge is 2.10. The van der Waals surface area contributed by atoms with Crippen molar-refractivity contribution >= 4 is 17.4 Å². The third-order valence-electron chi connectivity index (χ3n) is 4.51. The number of nitrogens with zero attached hydrogens (tertiary/aromatic N) is 3. The molecule has 144 valence electrons. The molecule has 0 atom stereocenters. The van der Waals surface area contributed by atoms with Gasteiger partial charge in [-0.2, -0.15) is 0 Å². The average molecular weight is 375 g/mol. The zero-order valence-electron chi connectivity index (χ0n) is 16.7. The van der Waals surface area contributed by atoms with Gasteiger partial charge in [0.25, 0.3) is 0 Å². The third-order valence-corrected chi connectivity index (χ3v) is 4.51. The summed E-state index contributed by atoms with van der Waals surface area (Å²) in [7, 11) is 0. The molecule has 2 aromatic heterocycles. The summed E-state index contributed by atoms with van der Waals surface area (Å²) in [6.07, 6.45) is 3.50. The summed E-state index contributed by atoms with van der Waals surface area (Å²) < 4.78 is 0. The highest BCUT2D eigenvalue weighted by molar-refractivity contribution is 5.92. The number of aromatic nitrogens is 3. The number of carbonyl (C=O) groups is 1. The third kappa shape index (κ3) is 4.71. The molecule has 3 aromatic rings. The minimum absolute atomic E-state index is 0.0147. The summed E-state index contributed by atoms with van der Waals surface area (Å²) in [5.41, 5.74) is 4.74. The molecule has 0 aliphatic heterocycles. The van der Waals surface area contributed by atoms with Crippen LogP contribution >= 0.6 is 0 Å².